The Morgan fingerprint density at radius 2 is 2.50 bits per heavy atom. The quantitative estimate of drug-likeness (QED) is 0.719. The van der Waals surface area contributed by atoms with Gasteiger partial charge in [-0.1, -0.05) is 11.6 Å². The molecule has 0 spiro atoms. The van der Waals surface area contributed by atoms with Crippen LogP contribution in [0.25, 0.3) is 0 Å². The summed E-state index contributed by atoms with van der Waals surface area (Å²) in [6.07, 6.45) is 4.91. The van der Waals surface area contributed by atoms with E-state index in [4.69, 9.17) is 10.2 Å². The van der Waals surface area contributed by atoms with Gasteiger partial charge in [0.2, 0.25) is 0 Å². The van der Waals surface area contributed by atoms with Gasteiger partial charge >= 0.3 is 0 Å². The Morgan fingerprint density at radius 3 is 3.07 bits per heavy atom. The third-order valence-corrected chi connectivity index (χ3v) is 2.46. The van der Waals surface area contributed by atoms with Crippen LogP contribution in [-0.4, -0.2) is 18.1 Å². The van der Waals surface area contributed by atoms with Gasteiger partial charge in [-0.15, -0.1) is 0 Å². The molecular weight excluding hydrogens is 178 g/mol. The Balaban J connectivity index is 2.09. The molecule has 1 aromatic rings. The van der Waals surface area contributed by atoms with Crippen molar-refractivity contribution in [2.45, 2.75) is 19.9 Å². The van der Waals surface area contributed by atoms with Crippen molar-refractivity contribution in [3.63, 3.8) is 0 Å². The van der Waals surface area contributed by atoms with Crippen LogP contribution in [-0.2, 0) is 6.54 Å². The first-order valence-electron chi connectivity index (χ1n) is 4.84. The molecule has 0 unspecified atom stereocenters. The van der Waals surface area contributed by atoms with E-state index in [1.165, 1.54) is 5.57 Å². The summed E-state index contributed by atoms with van der Waals surface area (Å²) in [4.78, 5) is 6.40. The molecule has 76 valence electrons. The number of anilines is 1. The minimum atomic E-state index is 0.437. The van der Waals surface area contributed by atoms with Crippen LogP contribution >= 0.6 is 0 Å². The fourth-order valence-corrected chi connectivity index (χ4v) is 1.48. The zero-order valence-corrected chi connectivity index (χ0v) is 8.36. The highest BCUT2D eigenvalue weighted by Gasteiger charge is 2.14. The molecule has 0 fully saturated rings. The summed E-state index contributed by atoms with van der Waals surface area (Å²) >= 11 is 0. The number of hydrogen-bond acceptors (Lipinski definition) is 4. The number of aromatic nitrogens is 1. The average molecular weight is 193 g/mol. The molecule has 2 rings (SSSR count). The van der Waals surface area contributed by atoms with Crippen molar-refractivity contribution in [1.29, 1.82) is 0 Å². The third-order valence-electron chi connectivity index (χ3n) is 2.46. The van der Waals surface area contributed by atoms with Crippen LogP contribution < -0.4 is 10.6 Å². The van der Waals surface area contributed by atoms with Crippen molar-refractivity contribution in [2.24, 2.45) is 5.73 Å². The van der Waals surface area contributed by atoms with E-state index in [-0.39, 0.29) is 0 Å². The van der Waals surface area contributed by atoms with E-state index in [1.807, 2.05) is 0 Å². The summed E-state index contributed by atoms with van der Waals surface area (Å²) in [5.41, 5.74) is 7.71. The normalized spacial score (nSPS) is 17.0. The van der Waals surface area contributed by atoms with E-state index >= 15 is 0 Å². The lowest BCUT2D eigenvalue weighted by Crippen LogP contribution is -2.28. The Morgan fingerprint density at radius 1 is 1.64 bits per heavy atom. The van der Waals surface area contributed by atoms with E-state index in [1.54, 1.807) is 6.26 Å². The van der Waals surface area contributed by atoms with Gasteiger partial charge in [0.05, 0.1) is 5.69 Å². The van der Waals surface area contributed by atoms with E-state index in [0.29, 0.717) is 12.6 Å². The molecule has 0 saturated carbocycles. The van der Waals surface area contributed by atoms with Crippen molar-refractivity contribution in [2.75, 3.05) is 18.0 Å². The Labute approximate surface area is 83.4 Å². The minimum Gasteiger partial charge on any atom is -0.432 e. The SMILES string of the molecule is CC1=CCN(c2nc(CN)co2)CC1. The van der Waals surface area contributed by atoms with Crippen molar-refractivity contribution in [3.05, 3.63) is 23.6 Å². The summed E-state index contributed by atoms with van der Waals surface area (Å²) in [6, 6.07) is 0.689. The lowest BCUT2D eigenvalue weighted by Gasteiger charge is -2.23. The standard InChI is InChI=1S/C10H15N3O/c1-8-2-4-13(5-3-8)10-12-9(6-11)7-14-10/h2,7H,3-6,11H2,1H3. The molecule has 2 N–H and O–H groups in total. The van der Waals surface area contributed by atoms with Crippen LogP contribution in [0.15, 0.2) is 22.3 Å². The summed E-state index contributed by atoms with van der Waals surface area (Å²) < 4.78 is 5.34. The third kappa shape index (κ3) is 1.80. The molecule has 0 aliphatic carbocycles. The van der Waals surface area contributed by atoms with E-state index in [2.05, 4.69) is 22.9 Å². The fraction of sp³-hybridized carbons (Fsp3) is 0.500. The average Bonchev–Trinajstić information content (AvgIpc) is 2.67. The van der Waals surface area contributed by atoms with Gasteiger partial charge in [0, 0.05) is 19.6 Å². The lowest BCUT2D eigenvalue weighted by atomic mass is 10.1. The molecule has 0 aromatic carbocycles. The molecular formula is C10H15N3O. The van der Waals surface area contributed by atoms with E-state index in [0.717, 1.165) is 25.2 Å². The first-order valence-corrected chi connectivity index (χ1v) is 4.84. The van der Waals surface area contributed by atoms with E-state index < -0.39 is 0 Å². The molecule has 0 bridgehead atoms. The first-order chi connectivity index (χ1) is 6.79. The molecule has 1 aliphatic rings. The van der Waals surface area contributed by atoms with Crippen LogP contribution in [0.4, 0.5) is 6.01 Å². The number of nitrogens with zero attached hydrogens (tertiary/aromatic N) is 2. The highest BCUT2D eigenvalue weighted by atomic mass is 16.4. The highest BCUT2D eigenvalue weighted by molar-refractivity contribution is 5.31. The van der Waals surface area contributed by atoms with Crippen LogP contribution in [0.2, 0.25) is 0 Å². The van der Waals surface area contributed by atoms with Gasteiger partial charge in [-0.05, 0) is 13.3 Å². The van der Waals surface area contributed by atoms with Crippen molar-refractivity contribution in [3.8, 4) is 0 Å². The second kappa shape index (κ2) is 3.84. The topological polar surface area (TPSA) is 55.3 Å². The first kappa shape index (κ1) is 9.27. The smallest absolute Gasteiger partial charge is 0.297 e. The molecule has 4 nitrogen and oxygen atoms in total. The summed E-state index contributed by atoms with van der Waals surface area (Å²) in [6.45, 7) is 4.45. The second-order valence-electron chi connectivity index (χ2n) is 3.57. The Kier molecular flexibility index (Phi) is 2.54. The van der Waals surface area contributed by atoms with Gasteiger partial charge in [0.15, 0.2) is 0 Å². The van der Waals surface area contributed by atoms with Gasteiger partial charge in [-0.3, -0.25) is 0 Å². The van der Waals surface area contributed by atoms with Crippen LogP contribution in [0.5, 0.6) is 0 Å². The second-order valence-corrected chi connectivity index (χ2v) is 3.57. The zero-order valence-electron chi connectivity index (χ0n) is 8.36. The number of hydrogen-bond donors (Lipinski definition) is 1. The van der Waals surface area contributed by atoms with Crippen LogP contribution in [0.1, 0.15) is 19.0 Å². The maximum atomic E-state index is 5.46. The predicted octanol–water partition coefficient (Wildman–Crippen LogP) is 1.29. The molecule has 2 heterocycles. The highest BCUT2D eigenvalue weighted by Crippen LogP contribution is 2.18. The maximum Gasteiger partial charge on any atom is 0.297 e. The molecule has 14 heavy (non-hydrogen) atoms. The Hall–Kier alpha value is -1.29. The lowest BCUT2D eigenvalue weighted by molar-refractivity contribution is 0.535. The predicted molar refractivity (Wildman–Crippen MR) is 55.0 cm³/mol. The van der Waals surface area contributed by atoms with E-state index in [9.17, 15) is 0 Å². The summed E-state index contributed by atoms with van der Waals surface area (Å²) in [7, 11) is 0. The number of rotatable bonds is 2. The molecule has 4 heteroatoms. The molecule has 0 saturated heterocycles. The van der Waals surface area contributed by atoms with Crippen molar-refractivity contribution < 1.29 is 4.42 Å². The summed E-state index contributed by atoms with van der Waals surface area (Å²) in [5.74, 6) is 0. The van der Waals surface area contributed by atoms with Gasteiger partial charge < -0.3 is 15.1 Å². The number of oxazole rings is 1. The van der Waals surface area contributed by atoms with Gasteiger partial charge in [-0.25, -0.2) is 0 Å². The zero-order chi connectivity index (χ0) is 9.97. The maximum absolute atomic E-state index is 5.46. The molecule has 1 aromatic heterocycles. The molecule has 0 amide bonds. The molecule has 0 radical (unpaired) electrons. The van der Waals surface area contributed by atoms with Gasteiger partial charge in [0.1, 0.15) is 6.26 Å². The minimum absolute atomic E-state index is 0.437. The number of nitrogens with two attached hydrogens (primary N) is 1. The van der Waals surface area contributed by atoms with Crippen molar-refractivity contribution in [1.82, 2.24) is 4.98 Å². The molecule has 0 atom stereocenters. The van der Waals surface area contributed by atoms with Gasteiger partial charge in [0.25, 0.3) is 6.01 Å². The fourth-order valence-electron chi connectivity index (χ4n) is 1.48. The summed E-state index contributed by atoms with van der Waals surface area (Å²) in [5, 5.41) is 0. The van der Waals surface area contributed by atoms with Crippen LogP contribution in [0, 0.1) is 0 Å². The van der Waals surface area contributed by atoms with Crippen molar-refractivity contribution >= 4 is 6.01 Å². The monoisotopic (exact) mass is 193 g/mol. The molecule has 1 aliphatic heterocycles. The Bertz CT molecular complexity index is 343. The largest absolute Gasteiger partial charge is 0.432 e. The van der Waals surface area contributed by atoms with Crippen LogP contribution in [0.3, 0.4) is 0 Å². The van der Waals surface area contributed by atoms with Gasteiger partial charge in [-0.2, -0.15) is 4.98 Å².